The van der Waals surface area contributed by atoms with Gasteiger partial charge in [-0.15, -0.1) is 0 Å². The number of carbonyl (C=O) groups excluding carboxylic acids is 1. The highest BCUT2D eigenvalue weighted by Crippen LogP contribution is 2.18. The molecule has 0 spiro atoms. The molecule has 0 aliphatic rings. The van der Waals surface area contributed by atoms with E-state index in [0.29, 0.717) is 6.42 Å². The molecule has 0 saturated heterocycles. The van der Waals surface area contributed by atoms with Crippen LogP contribution in [0, 0.1) is 0 Å². The highest BCUT2D eigenvalue weighted by molar-refractivity contribution is 7.98. The van der Waals surface area contributed by atoms with E-state index in [0.717, 1.165) is 17.9 Å². The summed E-state index contributed by atoms with van der Waals surface area (Å²) < 4.78 is 0. The van der Waals surface area contributed by atoms with Crippen LogP contribution in [0.3, 0.4) is 0 Å². The van der Waals surface area contributed by atoms with Crippen LogP contribution in [0.4, 0.5) is 5.69 Å². The Labute approximate surface area is 100 Å². The lowest BCUT2D eigenvalue weighted by atomic mass is 10.2. The van der Waals surface area contributed by atoms with Crippen molar-refractivity contribution in [1.29, 1.82) is 0 Å². The second kappa shape index (κ2) is 6.43. The maximum atomic E-state index is 11.8. The van der Waals surface area contributed by atoms with Crippen molar-refractivity contribution in [3.05, 3.63) is 24.3 Å². The van der Waals surface area contributed by atoms with Crippen molar-refractivity contribution in [3.63, 3.8) is 0 Å². The van der Waals surface area contributed by atoms with Crippen LogP contribution in [-0.2, 0) is 4.79 Å². The first-order chi connectivity index (χ1) is 7.65. The largest absolute Gasteiger partial charge is 0.508 e. The molecule has 16 heavy (non-hydrogen) atoms. The molecule has 0 heterocycles. The molecule has 1 rings (SSSR count). The maximum absolute atomic E-state index is 11.8. The first kappa shape index (κ1) is 12.9. The Balaban J connectivity index is 2.53. The van der Waals surface area contributed by atoms with Crippen molar-refractivity contribution in [3.8, 4) is 5.75 Å². The van der Waals surface area contributed by atoms with Gasteiger partial charge in [0.05, 0.1) is 0 Å². The molecule has 1 aromatic rings. The number of aromatic hydroxyl groups is 1. The van der Waals surface area contributed by atoms with Crippen molar-refractivity contribution >= 4 is 23.4 Å². The summed E-state index contributed by atoms with van der Waals surface area (Å²) in [6.07, 6.45) is 3.51. The molecule has 4 heteroatoms. The molecule has 0 atom stereocenters. The van der Waals surface area contributed by atoms with Gasteiger partial charge in [0.15, 0.2) is 0 Å². The fourth-order valence-corrected chi connectivity index (χ4v) is 1.79. The van der Waals surface area contributed by atoms with Gasteiger partial charge in [0.1, 0.15) is 5.75 Å². The summed E-state index contributed by atoms with van der Waals surface area (Å²) in [5, 5.41) is 9.14. The summed E-state index contributed by atoms with van der Waals surface area (Å²) in [6.45, 7) is 0. The molecule has 0 aliphatic carbocycles. The van der Waals surface area contributed by atoms with Gasteiger partial charge in [0.25, 0.3) is 0 Å². The number of hydrogen-bond donors (Lipinski definition) is 1. The predicted octanol–water partition coefficient (Wildman–Crippen LogP) is 2.50. The van der Waals surface area contributed by atoms with Crippen LogP contribution in [0.25, 0.3) is 0 Å². The lowest BCUT2D eigenvalue weighted by molar-refractivity contribution is -0.118. The highest BCUT2D eigenvalue weighted by atomic mass is 32.2. The molecule has 0 unspecified atom stereocenters. The third kappa shape index (κ3) is 3.77. The fraction of sp³-hybridized carbons (Fsp3) is 0.417. The zero-order chi connectivity index (χ0) is 12.0. The molecule has 0 bridgehead atoms. The van der Waals surface area contributed by atoms with Crippen LogP contribution in [0.15, 0.2) is 24.3 Å². The molecule has 3 nitrogen and oxygen atoms in total. The smallest absolute Gasteiger partial charge is 0.226 e. The van der Waals surface area contributed by atoms with Crippen LogP contribution >= 0.6 is 11.8 Å². The van der Waals surface area contributed by atoms with Crippen molar-refractivity contribution in [2.75, 3.05) is 24.0 Å². The average molecular weight is 239 g/mol. The van der Waals surface area contributed by atoms with E-state index in [9.17, 15) is 4.79 Å². The molecule has 1 amide bonds. The summed E-state index contributed by atoms with van der Waals surface area (Å²) in [7, 11) is 1.76. The summed E-state index contributed by atoms with van der Waals surface area (Å²) >= 11 is 1.75. The maximum Gasteiger partial charge on any atom is 0.226 e. The van der Waals surface area contributed by atoms with Gasteiger partial charge in [-0.05, 0) is 42.7 Å². The van der Waals surface area contributed by atoms with Gasteiger partial charge >= 0.3 is 0 Å². The van der Waals surface area contributed by atoms with Crippen LogP contribution in [0.5, 0.6) is 5.75 Å². The van der Waals surface area contributed by atoms with Crippen LogP contribution in [0.1, 0.15) is 12.8 Å². The average Bonchev–Trinajstić information content (AvgIpc) is 2.29. The monoisotopic (exact) mass is 239 g/mol. The topological polar surface area (TPSA) is 40.5 Å². The first-order valence-corrected chi connectivity index (χ1v) is 6.59. The van der Waals surface area contributed by atoms with Gasteiger partial charge in [0, 0.05) is 19.2 Å². The summed E-state index contributed by atoms with van der Waals surface area (Å²) in [6, 6.07) is 6.64. The number of nitrogens with zero attached hydrogens (tertiary/aromatic N) is 1. The molecule has 0 radical (unpaired) electrons. The van der Waals surface area contributed by atoms with E-state index in [2.05, 4.69) is 0 Å². The third-order valence-corrected chi connectivity index (χ3v) is 3.05. The van der Waals surface area contributed by atoms with E-state index >= 15 is 0 Å². The van der Waals surface area contributed by atoms with E-state index in [4.69, 9.17) is 5.11 Å². The molecular weight excluding hydrogens is 222 g/mol. The van der Waals surface area contributed by atoms with Gasteiger partial charge < -0.3 is 10.0 Å². The second-order valence-electron chi connectivity index (χ2n) is 3.57. The normalized spacial score (nSPS) is 10.1. The second-order valence-corrected chi connectivity index (χ2v) is 4.55. The van der Waals surface area contributed by atoms with Crippen molar-refractivity contribution in [2.24, 2.45) is 0 Å². The molecule has 0 fully saturated rings. The minimum Gasteiger partial charge on any atom is -0.508 e. The van der Waals surface area contributed by atoms with E-state index in [1.807, 2.05) is 6.26 Å². The minimum absolute atomic E-state index is 0.111. The number of thioether (sulfide) groups is 1. The molecular formula is C12H17NO2S. The fourth-order valence-electron chi connectivity index (χ4n) is 1.36. The molecule has 0 aliphatic heterocycles. The summed E-state index contributed by atoms with van der Waals surface area (Å²) in [4.78, 5) is 13.4. The number of benzene rings is 1. The lowest BCUT2D eigenvalue weighted by Crippen LogP contribution is -2.25. The van der Waals surface area contributed by atoms with E-state index in [1.54, 1.807) is 48.0 Å². The summed E-state index contributed by atoms with van der Waals surface area (Å²) in [5.74, 6) is 1.33. The number of anilines is 1. The Hall–Kier alpha value is -1.16. The Morgan fingerprint density at radius 2 is 2.00 bits per heavy atom. The van der Waals surface area contributed by atoms with E-state index < -0.39 is 0 Å². The van der Waals surface area contributed by atoms with Crippen LogP contribution in [0.2, 0.25) is 0 Å². The Morgan fingerprint density at radius 1 is 1.38 bits per heavy atom. The molecule has 88 valence electrons. The highest BCUT2D eigenvalue weighted by Gasteiger charge is 2.09. The van der Waals surface area contributed by atoms with Crippen LogP contribution in [-0.4, -0.2) is 30.1 Å². The van der Waals surface area contributed by atoms with Crippen molar-refractivity contribution < 1.29 is 9.90 Å². The van der Waals surface area contributed by atoms with Crippen molar-refractivity contribution in [1.82, 2.24) is 0 Å². The van der Waals surface area contributed by atoms with Gasteiger partial charge in [-0.25, -0.2) is 0 Å². The number of amides is 1. The van der Waals surface area contributed by atoms with Gasteiger partial charge in [0.2, 0.25) is 5.91 Å². The number of phenolic OH excluding ortho intramolecular Hbond substituents is 1. The zero-order valence-electron chi connectivity index (χ0n) is 9.64. The van der Waals surface area contributed by atoms with E-state index in [-0.39, 0.29) is 11.7 Å². The SMILES string of the molecule is CSCCCC(=O)N(C)c1ccc(O)cc1. The standard InChI is InChI=1S/C12H17NO2S/c1-13(12(15)4-3-9-16-2)10-5-7-11(14)8-6-10/h5-8,14H,3-4,9H2,1-2H3. The minimum atomic E-state index is 0.111. The van der Waals surface area contributed by atoms with Gasteiger partial charge in [-0.1, -0.05) is 0 Å². The Bertz CT molecular complexity index is 337. The first-order valence-electron chi connectivity index (χ1n) is 5.19. The molecule has 0 saturated carbocycles. The third-order valence-electron chi connectivity index (χ3n) is 2.35. The molecule has 0 aromatic heterocycles. The number of rotatable bonds is 5. The molecule has 1 N–H and O–H groups in total. The van der Waals surface area contributed by atoms with Crippen LogP contribution < -0.4 is 4.90 Å². The zero-order valence-corrected chi connectivity index (χ0v) is 10.5. The predicted molar refractivity (Wildman–Crippen MR) is 69.1 cm³/mol. The lowest BCUT2D eigenvalue weighted by Gasteiger charge is -2.17. The number of phenols is 1. The van der Waals surface area contributed by atoms with Crippen molar-refractivity contribution in [2.45, 2.75) is 12.8 Å². The quantitative estimate of drug-likeness (QED) is 0.803. The van der Waals surface area contributed by atoms with Gasteiger partial charge in [-0.2, -0.15) is 11.8 Å². The molecule has 1 aromatic carbocycles. The van der Waals surface area contributed by atoms with E-state index in [1.165, 1.54) is 0 Å². The number of carbonyl (C=O) groups is 1. The summed E-state index contributed by atoms with van der Waals surface area (Å²) in [5.41, 5.74) is 0.812. The Morgan fingerprint density at radius 3 is 2.56 bits per heavy atom. The van der Waals surface area contributed by atoms with Gasteiger partial charge in [-0.3, -0.25) is 4.79 Å². The number of hydrogen-bond acceptors (Lipinski definition) is 3. The Kier molecular flexibility index (Phi) is 5.19.